The van der Waals surface area contributed by atoms with Crippen LogP contribution >= 0.6 is 0 Å². The monoisotopic (exact) mass is 342 g/mol. The number of carbonyl (C=O) groups excluding carboxylic acids is 2. The molecule has 2 aromatic carbocycles. The lowest BCUT2D eigenvalue weighted by Gasteiger charge is -2.09. The molecule has 0 saturated heterocycles. The van der Waals surface area contributed by atoms with E-state index in [0.29, 0.717) is 11.1 Å². The number of phenols is 1. The first-order valence-corrected chi connectivity index (χ1v) is 7.33. The first-order valence-electron chi connectivity index (χ1n) is 7.33. The quantitative estimate of drug-likeness (QED) is 0.569. The van der Waals surface area contributed by atoms with Crippen molar-refractivity contribution in [1.82, 2.24) is 10.9 Å². The molecule has 0 fully saturated rings. The summed E-state index contributed by atoms with van der Waals surface area (Å²) >= 11 is 0. The van der Waals surface area contributed by atoms with Gasteiger partial charge in [0.1, 0.15) is 0 Å². The summed E-state index contributed by atoms with van der Waals surface area (Å²) < 4.78 is 10.1. The summed E-state index contributed by atoms with van der Waals surface area (Å²) in [4.78, 5) is 23.6. The summed E-state index contributed by atoms with van der Waals surface area (Å²) in [6, 6.07) is 11.6. The number of hydrogen-bond acceptors (Lipinski definition) is 5. The molecule has 25 heavy (non-hydrogen) atoms. The number of ether oxygens (including phenoxy) is 2. The zero-order valence-electron chi connectivity index (χ0n) is 13.8. The predicted octanol–water partition coefficient (Wildman–Crippen LogP) is 1.88. The molecule has 7 heteroatoms. The van der Waals surface area contributed by atoms with Gasteiger partial charge in [-0.15, -0.1) is 0 Å². The van der Waals surface area contributed by atoms with E-state index in [1.807, 2.05) is 0 Å². The fourth-order valence-electron chi connectivity index (χ4n) is 2.00. The number of hydrogen-bond donors (Lipinski definition) is 3. The Kier molecular flexibility index (Phi) is 6.00. The van der Waals surface area contributed by atoms with Crippen LogP contribution < -0.4 is 20.3 Å². The first-order chi connectivity index (χ1) is 12.0. The molecule has 3 N–H and O–H groups in total. The molecule has 0 aliphatic carbocycles. The molecule has 0 unspecified atom stereocenters. The van der Waals surface area contributed by atoms with E-state index >= 15 is 0 Å². The molecule has 2 aromatic rings. The summed E-state index contributed by atoms with van der Waals surface area (Å²) in [5.41, 5.74) is 5.60. The molecule has 7 nitrogen and oxygen atoms in total. The summed E-state index contributed by atoms with van der Waals surface area (Å²) in [5.74, 6) is -0.624. The van der Waals surface area contributed by atoms with Crippen molar-refractivity contribution in [3.05, 3.63) is 59.7 Å². The molecule has 0 radical (unpaired) electrons. The van der Waals surface area contributed by atoms with Gasteiger partial charge in [0.15, 0.2) is 11.5 Å². The number of carbonyl (C=O) groups is 2. The van der Waals surface area contributed by atoms with Crippen LogP contribution in [-0.4, -0.2) is 31.1 Å². The van der Waals surface area contributed by atoms with Crippen molar-refractivity contribution in [2.24, 2.45) is 0 Å². The number of nitrogens with one attached hydrogen (secondary N) is 2. The smallest absolute Gasteiger partial charge is 0.269 e. The van der Waals surface area contributed by atoms with Crippen LogP contribution in [0.1, 0.15) is 15.9 Å². The molecule has 0 heterocycles. The summed E-state index contributed by atoms with van der Waals surface area (Å²) in [7, 11) is 2.82. The molecule has 2 rings (SSSR count). The van der Waals surface area contributed by atoms with Gasteiger partial charge in [-0.05, 0) is 35.9 Å². The minimum atomic E-state index is -0.518. The zero-order valence-corrected chi connectivity index (χ0v) is 13.8. The highest BCUT2D eigenvalue weighted by atomic mass is 16.5. The number of aromatic hydroxyl groups is 1. The van der Waals surface area contributed by atoms with Gasteiger partial charge in [0, 0.05) is 11.6 Å². The molecule has 0 spiro atoms. The third-order valence-corrected chi connectivity index (χ3v) is 3.26. The number of benzene rings is 2. The molecule has 0 aliphatic rings. The molecule has 0 saturated carbocycles. The van der Waals surface area contributed by atoms with Crippen LogP contribution in [0.25, 0.3) is 6.08 Å². The maximum atomic E-state index is 11.8. The van der Waals surface area contributed by atoms with E-state index < -0.39 is 11.8 Å². The van der Waals surface area contributed by atoms with E-state index in [2.05, 4.69) is 10.9 Å². The topological polar surface area (TPSA) is 96.9 Å². The van der Waals surface area contributed by atoms with Crippen LogP contribution in [0.4, 0.5) is 0 Å². The third-order valence-electron chi connectivity index (χ3n) is 3.26. The molecule has 0 bridgehead atoms. The van der Waals surface area contributed by atoms with Crippen molar-refractivity contribution in [2.75, 3.05) is 14.2 Å². The second-order valence-electron chi connectivity index (χ2n) is 4.92. The Morgan fingerprint density at radius 3 is 2.16 bits per heavy atom. The zero-order chi connectivity index (χ0) is 18.2. The van der Waals surface area contributed by atoms with Crippen molar-refractivity contribution in [1.29, 1.82) is 0 Å². The van der Waals surface area contributed by atoms with E-state index in [4.69, 9.17) is 9.47 Å². The van der Waals surface area contributed by atoms with Crippen LogP contribution in [0, 0.1) is 0 Å². The van der Waals surface area contributed by atoms with Crippen LogP contribution in [0.15, 0.2) is 48.5 Å². The van der Waals surface area contributed by atoms with Crippen molar-refractivity contribution in [2.45, 2.75) is 0 Å². The van der Waals surface area contributed by atoms with Crippen molar-refractivity contribution >= 4 is 17.9 Å². The van der Waals surface area contributed by atoms with E-state index in [1.54, 1.807) is 42.5 Å². The number of phenolic OH excluding ortho intramolecular Hbond substituents is 1. The Morgan fingerprint density at radius 2 is 1.60 bits per heavy atom. The second-order valence-corrected chi connectivity index (χ2v) is 4.92. The van der Waals surface area contributed by atoms with E-state index in [0.717, 1.165) is 0 Å². The fourth-order valence-corrected chi connectivity index (χ4v) is 2.00. The normalized spacial score (nSPS) is 10.3. The average molecular weight is 342 g/mol. The third kappa shape index (κ3) is 4.74. The Bertz CT molecular complexity index is 762. The molecular weight excluding hydrogens is 324 g/mol. The van der Waals surface area contributed by atoms with Crippen molar-refractivity contribution in [3.8, 4) is 17.2 Å². The Labute approximate surface area is 144 Å². The molecule has 0 aliphatic heterocycles. The van der Waals surface area contributed by atoms with Gasteiger partial charge in [0.25, 0.3) is 11.8 Å². The Balaban J connectivity index is 1.99. The molecule has 130 valence electrons. The van der Waals surface area contributed by atoms with E-state index in [9.17, 15) is 14.7 Å². The fraction of sp³-hybridized carbons (Fsp3) is 0.111. The standard InChI is InChI=1S/C18H18N2O5/c1-24-14-10-12(11-15(25-2)17(14)22)8-9-16(21)19-20-18(23)13-6-4-3-5-7-13/h3-11,22H,1-2H3,(H,19,21)(H,20,23)/b9-8+. The van der Waals surface area contributed by atoms with Crippen LogP contribution in [0.2, 0.25) is 0 Å². The van der Waals surface area contributed by atoms with Crippen molar-refractivity contribution in [3.63, 3.8) is 0 Å². The average Bonchev–Trinajstić information content (AvgIpc) is 2.65. The maximum absolute atomic E-state index is 11.8. The van der Waals surface area contributed by atoms with Gasteiger partial charge in [-0.1, -0.05) is 18.2 Å². The maximum Gasteiger partial charge on any atom is 0.269 e. The lowest BCUT2D eigenvalue weighted by molar-refractivity contribution is -0.117. The highest BCUT2D eigenvalue weighted by Crippen LogP contribution is 2.37. The Hall–Kier alpha value is -3.48. The van der Waals surface area contributed by atoms with Gasteiger partial charge in [-0.3, -0.25) is 20.4 Å². The Morgan fingerprint density at radius 1 is 1.00 bits per heavy atom. The summed E-state index contributed by atoms with van der Waals surface area (Å²) in [6.45, 7) is 0. The number of hydrazine groups is 1. The highest BCUT2D eigenvalue weighted by Gasteiger charge is 2.10. The van der Waals surface area contributed by atoms with Gasteiger partial charge in [-0.25, -0.2) is 0 Å². The van der Waals surface area contributed by atoms with Gasteiger partial charge in [0.2, 0.25) is 5.75 Å². The molecule has 0 aromatic heterocycles. The summed E-state index contributed by atoms with van der Waals surface area (Å²) in [6.07, 6.45) is 2.73. The predicted molar refractivity (Wildman–Crippen MR) is 92.3 cm³/mol. The van der Waals surface area contributed by atoms with E-state index in [1.165, 1.54) is 26.4 Å². The number of methoxy groups -OCH3 is 2. The SMILES string of the molecule is COc1cc(/C=C/C(=O)NNC(=O)c2ccccc2)cc(OC)c1O. The van der Waals surface area contributed by atoms with Gasteiger partial charge in [0.05, 0.1) is 14.2 Å². The molecular formula is C18H18N2O5. The van der Waals surface area contributed by atoms with Crippen LogP contribution in [-0.2, 0) is 4.79 Å². The first kappa shape index (κ1) is 17.9. The largest absolute Gasteiger partial charge is 0.502 e. The van der Waals surface area contributed by atoms with Crippen LogP contribution in [0.5, 0.6) is 17.2 Å². The summed E-state index contributed by atoms with van der Waals surface area (Å²) in [5, 5.41) is 9.84. The van der Waals surface area contributed by atoms with Gasteiger partial charge < -0.3 is 14.6 Å². The number of rotatable bonds is 5. The highest BCUT2D eigenvalue weighted by molar-refractivity contribution is 5.97. The van der Waals surface area contributed by atoms with Gasteiger partial charge in [-0.2, -0.15) is 0 Å². The van der Waals surface area contributed by atoms with Crippen LogP contribution in [0.3, 0.4) is 0 Å². The van der Waals surface area contributed by atoms with Crippen molar-refractivity contribution < 1.29 is 24.2 Å². The van der Waals surface area contributed by atoms with E-state index in [-0.39, 0.29) is 17.2 Å². The lowest BCUT2D eigenvalue weighted by Crippen LogP contribution is -2.40. The minimum Gasteiger partial charge on any atom is -0.502 e. The molecule has 0 atom stereocenters. The molecule has 2 amide bonds. The lowest BCUT2D eigenvalue weighted by atomic mass is 10.1. The number of amides is 2. The minimum absolute atomic E-state index is 0.123. The second kappa shape index (κ2) is 8.39. The van der Waals surface area contributed by atoms with Gasteiger partial charge >= 0.3 is 0 Å².